The van der Waals surface area contributed by atoms with Crippen molar-refractivity contribution in [2.75, 3.05) is 5.32 Å². The second kappa shape index (κ2) is 8.12. The topological polar surface area (TPSA) is 88.4 Å². The Morgan fingerprint density at radius 3 is 2.54 bits per heavy atom. The summed E-state index contributed by atoms with van der Waals surface area (Å²) in [6, 6.07) is 9.59. The van der Waals surface area contributed by atoms with E-state index in [0.717, 1.165) is 12.8 Å². The molecule has 0 unspecified atom stereocenters. The summed E-state index contributed by atoms with van der Waals surface area (Å²) < 4.78 is 32.3. The van der Waals surface area contributed by atoms with Crippen LogP contribution in [-0.2, 0) is 21.4 Å². The van der Waals surface area contributed by atoms with Crippen molar-refractivity contribution in [1.82, 2.24) is 4.72 Å². The van der Waals surface area contributed by atoms with E-state index in [2.05, 4.69) is 10.0 Å². The third-order valence-electron chi connectivity index (χ3n) is 3.78. The van der Waals surface area contributed by atoms with E-state index in [1.807, 2.05) is 13.8 Å². The first-order valence-electron chi connectivity index (χ1n) is 7.89. The lowest BCUT2D eigenvalue weighted by Gasteiger charge is -2.13. The summed E-state index contributed by atoms with van der Waals surface area (Å²) in [5.41, 5.74) is 0.466. The Morgan fingerprint density at radius 1 is 1.17 bits per heavy atom. The van der Waals surface area contributed by atoms with Gasteiger partial charge in [0.2, 0.25) is 15.9 Å². The zero-order valence-electron chi connectivity index (χ0n) is 13.8. The predicted octanol–water partition coefficient (Wildman–Crippen LogP) is 3.13. The van der Waals surface area contributed by atoms with Crippen LogP contribution in [0.15, 0.2) is 52.0 Å². The number of anilines is 1. The van der Waals surface area contributed by atoms with Crippen LogP contribution < -0.4 is 10.0 Å². The van der Waals surface area contributed by atoms with Crippen LogP contribution in [-0.4, -0.2) is 14.3 Å². The highest BCUT2D eigenvalue weighted by Gasteiger charge is 2.17. The van der Waals surface area contributed by atoms with E-state index in [1.165, 1.54) is 18.4 Å². The molecule has 0 fully saturated rings. The average molecular weight is 350 g/mol. The van der Waals surface area contributed by atoms with Gasteiger partial charge < -0.3 is 9.73 Å². The maximum atomic E-state index is 12.3. The lowest BCUT2D eigenvalue weighted by molar-refractivity contribution is -0.120. The van der Waals surface area contributed by atoms with E-state index in [-0.39, 0.29) is 23.3 Å². The fourth-order valence-corrected chi connectivity index (χ4v) is 3.35. The fraction of sp³-hybridized carbons (Fsp3) is 0.353. The van der Waals surface area contributed by atoms with Gasteiger partial charge in [-0.3, -0.25) is 4.79 Å². The number of rotatable bonds is 8. The molecule has 2 rings (SSSR count). The van der Waals surface area contributed by atoms with Crippen molar-refractivity contribution in [1.29, 1.82) is 0 Å². The molecule has 0 aliphatic heterocycles. The van der Waals surface area contributed by atoms with Crippen LogP contribution in [0.2, 0.25) is 0 Å². The standard InChI is InChI=1S/C17H22N2O4S/c1-3-13(4-2)17(20)19-14-7-5-9-16(11-14)24(21,22)18-12-15-8-6-10-23-15/h5-11,13,18H,3-4,12H2,1-2H3,(H,19,20). The number of carbonyl (C=O) groups excluding carboxylic acids is 1. The molecular formula is C17H22N2O4S. The van der Waals surface area contributed by atoms with Gasteiger partial charge in [0.15, 0.2) is 0 Å². The molecule has 6 nitrogen and oxygen atoms in total. The molecule has 0 saturated carbocycles. The van der Waals surface area contributed by atoms with Crippen LogP contribution in [0.5, 0.6) is 0 Å². The Labute approximate surface area is 142 Å². The number of sulfonamides is 1. The molecule has 1 heterocycles. The highest BCUT2D eigenvalue weighted by atomic mass is 32.2. The molecule has 1 amide bonds. The lowest BCUT2D eigenvalue weighted by Crippen LogP contribution is -2.24. The molecule has 130 valence electrons. The molecule has 0 spiro atoms. The molecule has 24 heavy (non-hydrogen) atoms. The minimum absolute atomic E-state index is 0.0691. The number of hydrogen-bond donors (Lipinski definition) is 2. The smallest absolute Gasteiger partial charge is 0.241 e. The van der Waals surface area contributed by atoms with E-state index in [4.69, 9.17) is 4.42 Å². The molecule has 0 aliphatic carbocycles. The van der Waals surface area contributed by atoms with Crippen LogP contribution >= 0.6 is 0 Å². The van der Waals surface area contributed by atoms with E-state index >= 15 is 0 Å². The number of furan rings is 1. The Bertz CT molecular complexity index is 766. The first-order valence-corrected chi connectivity index (χ1v) is 9.37. The van der Waals surface area contributed by atoms with Crippen molar-refractivity contribution in [2.45, 2.75) is 38.1 Å². The summed E-state index contributed by atoms with van der Waals surface area (Å²) in [5.74, 6) is 0.345. The van der Waals surface area contributed by atoms with Gasteiger partial charge >= 0.3 is 0 Å². The van der Waals surface area contributed by atoms with Crippen molar-refractivity contribution in [3.8, 4) is 0 Å². The Balaban J connectivity index is 2.09. The second-order valence-corrected chi connectivity index (χ2v) is 7.20. The van der Waals surface area contributed by atoms with Gasteiger partial charge in [-0.15, -0.1) is 0 Å². The van der Waals surface area contributed by atoms with Gasteiger partial charge in [-0.1, -0.05) is 19.9 Å². The number of carbonyl (C=O) groups is 1. The van der Waals surface area contributed by atoms with Crippen LogP contribution in [0.4, 0.5) is 5.69 Å². The number of nitrogens with one attached hydrogen (secondary N) is 2. The molecule has 1 aromatic carbocycles. The van der Waals surface area contributed by atoms with E-state index in [9.17, 15) is 13.2 Å². The summed E-state index contributed by atoms with van der Waals surface area (Å²) in [4.78, 5) is 12.2. The first kappa shape index (κ1) is 18.2. The lowest BCUT2D eigenvalue weighted by atomic mass is 10.0. The van der Waals surface area contributed by atoms with Crippen LogP contribution in [0.3, 0.4) is 0 Å². The van der Waals surface area contributed by atoms with Gasteiger partial charge in [0.25, 0.3) is 0 Å². The molecule has 1 aromatic heterocycles. The van der Waals surface area contributed by atoms with E-state index in [0.29, 0.717) is 11.4 Å². The van der Waals surface area contributed by atoms with Crippen LogP contribution in [0.25, 0.3) is 0 Å². The molecule has 0 bridgehead atoms. The molecule has 2 aromatic rings. The average Bonchev–Trinajstić information content (AvgIpc) is 3.08. The Kier molecular flexibility index (Phi) is 6.16. The van der Waals surface area contributed by atoms with Crippen molar-refractivity contribution >= 4 is 21.6 Å². The Hall–Kier alpha value is -2.12. The van der Waals surface area contributed by atoms with E-state index in [1.54, 1.807) is 24.3 Å². The molecule has 0 atom stereocenters. The van der Waals surface area contributed by atoms with Crippen LogP contribution in [0, 0.1) is 5.92 Å². The highest BCUT2D eigenvalue weighted by molar-refractivity contribution is 7.89. The molecule has 7 heteroatoms. The van der Waals surface area contributed by atoms with Crippen molar-refractivity contribution in [2.24, 2.45) is 5.92 Å². The minimum Gasteiger partial charge on any atom is -0.468 e. The van der Waals surface area contributed by atoms with Crippen molar-refractivity contribution in [3.63, 3.8) is 0 Å². The quantitative estimate of drug-likeness (QED) is 0.765. The third kappa shape index (κ3) is 4.69. The monoisotopic (exact) mass is 350 g/mol. The summed E-state index contributed by atoms with van der Waals surface area (Å²) >= 11 is 0. The third-order valence-corrected chi connectivity index (χ3v) is 5.18. The largest absolute Gasteiger partial charge is 0.468 e. The molecule has 2 N–H and O–H groups in total. The van der Waals surface area contributed by atoms with Crippen LogP contribution in [0.1, 0.15) is 32.4 Å². The number of benzene rings is 1. The molecule has 0 radical (unpaired) electrons. The van der Waals surface area contributed by atoms with Gasteiger partial charge in [-0.2, -0.15) is 0 Å². The van der Waals surface area contributed by atoms with Crippen molar-refractivity contribution in [3.05, 3.63) is 48.4 Å². The molecule has 0 saturated heterocycles. The summed E-state index contributed by atoms with van der Waals surface area (Å²) in [7, 11) is -3.69. The Morgan fingerprint density at radius 2 is 1.92 bits per heavy atom. The fourth-order valence-electron chi connectivity index (χ4n) is 2.31. The second-order valence-electron chi connectivity index (χ2n) is 5.43. The maximum absolute atomic E-state index is 12.3. The normalized spacial score (nSPS) is 11.6. The predicted molar refractivity (Wildman–Crippen MR) is 91.9 cm³/mol. The zero-order chi connectivity index (χ0) is 17.6. The van der Waals surface area contributed by atoms with Gasteiger partial charge in [0.1, 0.15) is 5.76 Å². The first-order chi connectivity index (χ1) is 11.5. The van der Waals surface area contributed by atoms with Gasteiger partial charge in [0.05, 0.1) is 17.7 Å². The van der Waals surface area contributed by atoms with Crippen molar-refractivity contribution < 1.29 is 17.6 Å². The minimum atomic E-state index is -3.69. The van der Waals surface area contributed by atoms with Gasteiger partial charge in [-0.05, 0) is 43.2 Å². The molecular weight excluding hydrogens is 328 g/mol. The zero-order valence-corrected chi connectivity index (χ0v) is 14.6. The van der Waals surface area contributed by atoms with Gasteiger partial charge in [-0.25, -0.2) is 13.1 Å². The maximum Gasteiger partial charge on any atom is 0.241 e. The summed E-state index contributed by atoms with van der Waals surface area (Å²) in [6.45, 7) is 3.97. The summed E-state index contributed by atoms with van der Waals surface area (Å²) in [5, 5.41) is 2.78. The number of hydrogen-bond acceptors (Lipinski definition) is 4. The molecule has 0 aliphatic rings. The number of amides is 1. The van der Waals surface area contributed by atoms with Gasteiger partial charge in [0, 0.05) is 11.6 Å². The SMILES string of the molecule is CCC(CC)C(=O)Nc1cccc(S(=O)(=O)NCc2ccco2)c1. The summed E-state index contributed by atoms with van der Waals surface area (Å²) in [6.07, 6.45) is 2.97. The highest BCUT2D eigenvalue weighted by Crippen LogP contribution is 2.18. The van der Waals surface area contributed by atoms with E-state index < -0.39 is 10.0 Å².